The van der Waals surface area contributed by atoms with Gasteiger partial charge in [0.05, 0.1) is 18.7 Å². The van der Waals surface area contributed by atoms with Crippen LogP contribution in [0.2, 0.25) is 0 Å². The second-order valence-corrected chi connectivity index (χ2v) is 8.10. The lowest BCUT2D eigenvalue weighted by atomic mass is 10.4. The summed E-state index contributed by atoms with van der Waals surface area (Å²) in [7, 11) is 1.27. The van der Waals surface area contributed by atoms with E-state index in [4.69, 9.17) is 36.7 Å². The lowest BCUT2D eigenvalue weighted by Crippen LogP contribution is -2.28. The molecule has 0 aromatic carbocycles. The summed E-state index contributed by atoms with van der Waals surface area (Å²) in [5.41, 5.74) is 0. The number of methoxy groups -OCH3 is 1. The zero-order valence-corrected chi connectivity index (χ0v) is 11.7. The third kappa shape index (κ3) is 6.09. The van der Waals surface area contributed by atoms with E-state index in [0.717, 1.165) is 0 Å². The van der Waals surface area contributed by atoms with Gasteiger partial charge in [-0.1, -0.05) is 11.8 Å². The quantitative estimate of drug-likeness (QED) is 0.658. The molecule has 1 atom stereocenters. The van der Waals surface area contributed by atoms with E-state index < -0.39 is 24.9 Å². The number of nitriles is 2. The Morgan fingerprint density at radius 1 is 1.39 bits per heavy atom. The van der Waals surface area contributed by atoms with E-state index in [-0.39, 0.29) is 25.2 Å². The molecule has 6 nitrogen and oxygen atoms in total. The number of nitrogens with zero attached hydrogens (tertiary/aromatic N) is 2. The fraction of sp³-hybridized carbons (Fsp3) is 0.700. The Labute approximate surface area is 111 Å². The fourth-order valence-corrected chi connectivity index (χ4v) is 3.61. The van der Waals surface area contributed by atoms with E-state index in [2.05, 4.69) is 0 Å². The topological polar surface area (TPSA) is 103 Å². The molecule has 0 bridgehead atoms. The van der Waals surface area contributed by atoms with E-state index in [1.54, 1.807) is 0 Å². The van der Waals surface area contributed by atoms with Crippen LogP contribution in [0.15, 0.2) is 0 Å². The minimum atomic E-state index is -2.54. The Kier molecular flexibility index (Phi) is 8.53. The van der Waals surface area contributed by atoms with Crippen LogP contribution in [-0.2, 0) is 25.9 Å². The Bertz CT molecular complexity index is 376. The summed E-state index contributed by atoms with van der Waals surface area (Å²) in [5, 5.41) is 26.0. The van der Waals surface area contributed by atoms with Crippen LogP contribution in [0.3, 0.4) is 0 Å². The Morgan fingerprint density at radius 2 is 1.89 bits per heavy atom. The maximum atomic E-state index is 11.6. The Balaban J connectivity index is 4.68. The molecule has 0 aromatic rings. The fourth-order valence-electron chi connectivity index (χ4n) is 1.11. The first-order chi connectivity index (χ1) is 8.52. The van der Waals surface area contributed by atoms with Crippen molar-refractivity contribution < 1.29 is 19.2 Å². The number of ether oxygens (including phenoxy) is 1. The maximum Gasteiger partial charge on any atom is 0.340 e. The molecule has 0 aromatic heterocycles. The maximum absolute atomic E-state index is 11.6. The van der Waals surface area contributed by atoms with Crippen LogP contribution in [0.4, 0.5) is 0 Å². The van der Waals surface area contributed by atoms with E-state index in [1.807, 2.05) is 12.1 Å². The van der Waals surface area contributed by atoms with Crippen molar-refractivity contribution in [3.63, 3.8) is 0 Å². The summed E-state index contributed by atoms with van der Waals surface area (Å²) in [6, 6.07) is 3.87. The molecule has 0 heterocycles. The van der Waals surface area contributed by atoms with Crippen molar-refractivity contribution in [2.75, 3.05) is 26.0 Å². The molecule has 1 unspecified atom stereocenters. The monoisotopic (exact) mass is 290 g/mol. The highest BCUT2D eigenvalue weighted by molar-refractivity contribution is 8.12. The van der Waals surface area contributed by atoms with E-state index in [0.29, 0.717) is 0 Å². The smallest absolute Gasteiger partial charge is 0.340 e. The van der Waals surface area contributed by atoms with E-state index in [1.165, 1.54) is 7.11 Å². The first-order valence-electron chi connectivity index (χ1n) is 5.22. The molecule has 0 fully saturated rings. The zero-order valence-electron chi connectivity index (χ0n) is 10.0. The van der Waals surface area contributed by atoms with Crippen molar-refractivity contribution in [3.8, 4) is 12.1 Å². The van der Waals surface area contributed by atoms with Gasteiger partial charge < -0.3 is 14.4 Å². The third-order valence-corrected chi connectivity index (χ3v) is 5.74. The van der Waals surface area contributed by atoms with Gasteiger partial charge in [0.1, 0.15) is 6.26 Å². The molecule has 0 rings (SSSR count). The molecule has 0 amide bonds. The van der Waals surface area contributed by atoms with Crippen LogP contribution in [0.1, 0.15) is 12.8 Å². The highest BCUT2D eigenvalue weighted by Gasteiger charge is 2.27. The molecular weight excluding hydrogens is 275 g/mol. The summed E-state index contributed by atoms with van der Waals surface area (Å²) >= 11 is 5.25. The largest absolute Gasteiger partial charge is 0.435 e. The summed E-state index contributed by atoms with van der Waals surface area (Å²) < 4.78 is 9.92. The number of carbonyl (C=O) groups excluding carboxylic acids is 1. The van der Waals surface area contributed by atoms with Gasteiger partial charge in [-0.2, -0.15) is 10.5 Å². The molecule has 1 N–H and O–H groups in total. The number of hydrogen-bond acceptors (Lipinski definition) is 7. The van der Waals surface area contributed by atoms with Gasteiger partial charge in [0.15, 0.2) is 6.10 Å². The lowest BCUT2D eigenvalue weighted by Gasteiger charge is -2.22. The van der Waals surface area contributed by atoms with Gasteiger partial charge >= 0.3 is 5.97 Å². The van der Waals surface area contributed by atoms with Crippen LogP contribution in [0.5, 0.6) is 0 Å². The van der Waals surface area contributed by atoms with Gasteiger partial charge in [-0.25, -0.2) is 4.79 Å². The van der Waals surface area contributed by atoms with Crippen LogP contribution < -0.4 is 0 Å². The average Bonchev–Trinajstić information content (AvgIpc) is 2.35. The molecule has 0 aliphatic rings. The molecular formula is C10H15N2O4PS. The molecule has 18 heavy (non-hydrogen) atoms. The van der Waals surface area contributed by atoms with Gasteiger partial charge in [0, 0.05) is 32.3 Å². The van der Waals surface area contributed by atoms with Crippen molar-refractivity contribution in [1.29, 1.82) is 10.5 Å². The predicted molar refractivity (Wildman–Crippen MR) is 68.5 cm³/mol. The molecule has 8 heteroatoms. The van der Waals surface area contributed by atoms with Crippen LogP contribution in [0.25, 0.3) is 0 Å². The first-order valence-corrected chi connectivity index (χ1v) is 8.31. The zero-order chi connectivity index (χ0) is 14.0. The molecule has 0 saturated heterocycles. The van der Waals surface area contributed by atoms with Crippen molar-refractivity contribution in [3.05, 3.63) is 0 Å². The number of aliphatic hydroxyl groups is 1. The number of hydrogen-bond donors (Lipinski definition) is 1. The van der Waals surface area contributed by atoms with Gasteiger partial charge in [-0.15, -0.1) is 0 Å². The Hall–Kier alpha value is -0.980. The van der Waals surface area contributed by atoms with Crippen LogP contribution in [0, 0.1) is 22.7 Å². The number of carbonyl (C=O) groups is 1. The van der Waals surface area contributed by atoms with Crippen molar-refractivity contribution >= 4 is 24.0 Å². The molecule has 0 aliphatic heterocycles. The van der Waals surface area contributed by atoms with E-state index in [9.17, 15) is 4.79 Å². The summed E-state index contributed by atoms with van der Waals surface area (Å²) in [5.74, 6) is -0.737. The molecule has 0 aliphatic carbocycles. The molecule has 0 spiro atoms. The standard InChI is InChI=1S/C10H15N2O4PS/c1-15-9(8-13)10(14)16-17(18,6-2-4-11)7-3-5-12/h9,13H,2-3,6-8H2,1H3. The van der Waals surface area contributed by atoms with Gasteiger partial charge in [-0.3, -0.25) is 0 Å². The molecule has 0 radical (unpaired) electrons. The second kappa shape index (κ2) is 9.02. The van der Waals surface area contributed by atoms with Crippen LogP contribution >= 0.6 is 6.26 Å². The lowest BCUT2D eigenvalue weighted by molar-refractivity contribution is -0.147. The normalized spacial score (nSPS) is 12.2. The third-order valence-electron chi connectivity index (χ3n) is 2.10. The van der Waals surface area contributed by atoms with Crippen molar-refractivity contribution in [2.24, 2.45) is 0 Å². The first kappa shape index (κ1) is 17.0. The average molecular weight is 290 g/mol. The van der Waals surface area contributed by atoms with Crippen molar-refractivity contribution in [1.82, 2.24) is 0 Å². The summed E-state index contributed by atoms with van der Waals surface area (Å²) in [6.07, 6.45) is -2.72. The van der Waals surface area contributed by atoms with Gasteiger partial charge in [0.2, 0.25) is 0 Å². The summed E-state index contributed by atoms with van der Waals surface area (Å²) in [6.45, 7) is -0.499. The van der Waals surface area contributed by atoms with Crippen molar-refractivity contribution in [2.45, 2.75) is 18.9 Å². The molecule has 0 saturated carbocycles. The predicted octanol–water partition coefficient (Wildman–Crippen LogP) is 0.759. The van der Waals surface area contributed by atoms with Gasteiger partial charge in [0.25, 0.3) is 0 Å². The SMILES string of the molecule is COC(CO)C(=O)OP(=S)(CCC#N)CCC#N. The van der Waals surface area contributed by atoms with E-state index >= 15 is 0 Å². The minimum absolute atomic E-state index is 0.173. The number of rotatable bonds is 8. The highest BCUT2D eigenvalue weighted by Crippen LogP contribution is 2.48. The van der Waals surface area contributed by atoms with Crippen LogP contribution in [-0.4, -0.2) is 43.2 Å². The number of aliphatic hydroxyl groups excluding tert-OH is 1. The minimum Gasteiger partial charge on any atom is -0.435 e. The molecule has 100 valence electrons. The van der Waals surface area contributed by atoms with Gasteiger partial charge in [-0.05, 0) is 0 Å². The second-order valence-electron chi connectivity index (χ2n) is 3.40. The highest BCUT2D eigenvalue weighted by atomic mass is 32.4. The summed E-state index contributed by atoms with van der Waals surface area (Å²) in [4.78, 5) is 11.6. The Morgan fingerprint density at radius 3 is 2.22 bits per heavy atom.